The number of ether oxygens (including phenoxy) is 1. The number of hydrogen-bond donors (Lipinski definition) is 0. The van der Waals surface area contributed by atoms with Crippen molar-refractivity contribution in [2.75, 3.05) is 13.2 Å². The fourth-order valence-corrected chi connectivity index (χ4v) is 3.51. The Morgan fingerprint density at radius 1 is 0.806 bits per heavy atom. The molecule has 2 aromatic carbocycles. The zero-order valence-electron chi connectivity index (χ0n) is 19.8. The van der Waals surface area contributed by atoms with Gasteiger partial charge in [0.25, 0.3) is 0 Å². The first-order valence-corrected chi connectivity index (χ1v) is 17.8. The van der Waals surface area contributed by atoms with E-state index in [0.29, 0.717) is 0 Å². The molecule has 0 atom stereocenters. The van der Waals surface area contributed by atoms with Gasteiger partial charge in [-0.1, -0.05) is 59.5 Å². The van der Waals surface area contributed by atoms with Gasteiger partial charge in [0.1, 0.15) is 0 Å². The van der Waals surface area contributed by atoms with Gasteiger partial charge in [-0.2, -0.15) is 30.3 Å². The molecule has 1 aliphatic heterocycles. The van der Waals surface area contributed by atoms with Crippen molar-refractivity contribution in [3.8, 4) is 23.7 Å². The third kappa shape index (κ3) is 18.3. The molecule has 0 unspecified atom stereocenters. The normalized spacial score (nSPS) is 11.5. The van der Waals surface area contributed by atoms with Crippen molar-refractivity contribution in [3.05, 3.63) is 70.2 Å². The van der Waals surface area contributed by atoms with Crippen LogP contribution in [0.15, 0.2) is 53.0 Å². The van der Waals surface area contributed by atoms with Gasteiger partial charge in [0.2, 0.25) is 0 Å². The van der Waals surface area contributed by atoms with Gasteiger partial charge < -0.3 is 4.74 Å². The summed E-state index contributed by atoms with van der Waals surface area (Å²) in [4.78, 5) is 0. The topological polar surface area (TPSA) is 9.23 Å². The van der Waals surface area contributed by atoms with Crippen LogP contribution in [0.2, 0.25) is 38.3 Å². The minimum absolute atomic E-state index is 0. The summed E-state index contributed by atoms with van der Waals surface area (Å²) in [6.07, 6.45) is 2.56. The molecular formula is C26H34BrLiOSi2. The summed E-state index contributed by atoms with van der Waals surface area (Å²) < 4.78 is 6.05. The largest absolute Gasteiger partial charge is 1.00 e. The second kappa shape index (κ2) is 19.7. The van der Waals surface area contributed by atoms with E-state index in [9.17, 15) is 0 Å². The number of rotatable bonds is 2. The SMILES string of the molecule is C1CCOC1.C[SiH](C)CC#Cc1cc[c-]cc1.C[SiH](C)CC#Cc1ccc(Br)cc1.[Li+]. The van der Waals surface area contributed by atoms with Gasteiger partial charge in [-0.3, -0.25) is 0 Å². The molecule has 0 aliphatic carbocycles. The second-order valence-electron chi connectivity index (χ2n) is 7.91. The Kier molecular flexibility index (Phi) is 19.1. The van der Waals surface area contributed by atoms with Gasteiger partial charge in [0.05, 0.1) is 0 Å². The van der Waals surface area contributed by atoms with Gasteiger partial charge >= 0.3 is 18.9 Å². The molecule has 0 bridgehead atoms. The van der Waals surface area contributed by atoms with E-state index in [1.807, 2.05) is 48.5 Å². The Bertz CT molecular complexity index is 804. The Morgan fingerprint density at radius 3 is 1.65 bits per heavy atom. The number of hydrogen-bond acceptors (Lipinski definition) is 1. The van der Waals surface area contributed by atoms with Crippen molar-refractivity contribution in [1.82, 2.24) is 0 Å². The van der Waals surface area contributed by atoms with Gasteiger partial charge in [-0.15, -0.1) is 11.8 Å². The first-order chi connectivity index (χ1) is 14.5. The van der Waals surface area contributed by atoms with Crippen LogP contribution in [-0.4, -0.2) is 30.8 Å². The predicted molar refractivity (Wildman–Crippen MR) is 141 cm³/mol. The molecule has 31 heavy (non-hydrogen) atoms. The molecule has 160 valence electrons. The molecule has 1 fully saturated rings. The van der Waals surface area contributed by atoms with Gasteiger partial charge in [0, 0.05) is 52.9 Å². The Morgan fingerprint density at radius 2 is 1.26 bits per heavy atom. The summed E-state index contributed by atoms with van der Waals surface area (Å²) >= 11 is 3.40. The molecule has 0 saturated carbocycles. The standard InChI is InChI=1S/C11H13BrSi.C11H13Si.C4H8O.Li/c1-13(2)9-3-4-10-5-7-11(12)8-6-10;1-12(2)10-6-9-11-7-4-3-5-8-11;1-2-4-5-3-1;/h5-8,13H,9H2,1-2H3;4-5,7-8,12H,10H2,1-2H3;1-4H2;/q;-1;;+1. The van der Waals surface area contributed by atoms with Crippen LogP contribution in [0, 0.1) is 29.7 Å². The average molecular weight is 506 g/mol. The minimum Gasteiger partial charge on any atom is -0.381 e. The molecule has 5 heteroatoms. The van der Waals surface area contributed by atoms with Crippen LogP contribution in [0.25, 0.3) is 0 Å². The smallest absolute Gasteiger partial charge is 0.381 e. The summed E-state index contributed by atoms with van der Waals surface area (Å²) in [5.74, 6) is 12.7. The molecule has 1 heterocycles. The van der Waals surface area contributed by atoms with Crippen LogP contribution in [0.1, 0.15) is 24.0 Å². The third-order valence-corrected chi connectivity index (χ3v) is 6.45. The monoisotopic (exact) mass is 504 g/mol. The summed E-state index contributed by atoms with van der Waals surface area (Å²) in [5.41, 5.74) is 2.21. The van der Waals surface area contributed by atoms with Crippen molar-refractivity contribution in [2.24, 2.45) is 0 Å². The Balaban J connectivity index is 0.000000464. The molecule has 1 saturated heterocycles. The molecule has 1 aliphatic rings. The molecule has 3 rings (SSSR count). The second-order valence-corrected chi connectivity index (χ2v) is 15.2. The molecule has 0 radical (unpaired) electrons. The molecular weight excluding hydrogens is 471 g/mol. The van der Waals surface area contributed by atoms with E-state index in [2.05, 4.69) is 71.9 Å². The van der Waals surface area contributed by atoms with E-state index in [4.69, 9.17) is 4.74 Å². The zero-order chi connectivity index (χ0) is 22.0. The van der Waals surface area contributed by atoms with E-state index in [1.54, 1.807) is 0 Å². The summed E-state index contributed by atoms with van der Waals surface area (Å²) in [6.45, 7) is 11.3. The van der Waals surface area contributed by atoms with Crippen LogP contribution in [0.3, 0.4) is 0 Å². The van der Waals surface area contributed by atoms with E-state index in [0.717, 1.165) is 40.9 Å². The number of halogens is 1. The molecule has 0 spiro atoms. The fraction of sp³-hybridized carbons (Fsp3) is 0.385. The van der Waals surface area contributed by atoms with Crippen molar-refractivity contribution in [2.45, 2.75) is 51.1 Å². The molecule has 1 nitrogen and oxygen atoms in total. The van der Waals surface area contributed by atoms with Crippen LogP contribution < -0.4 is 18.9 Å². The van der Waals surface area contributed by atoms with E-state index < -0.39 is 17.6 Å². The fourth-order valence-electron chi connectivity index (χ4n) is 2.23. The Labute approximate surface area is 214 Å². The molecule has 0 amide bonds. The Hall–Kier alpha value is -0.969. The van der Waals surface area contributed by atoms with Crippen LogP contribution in [0.5, 0.6) is 0 Å². The first kappa shape index (κ1) is 30.0. The minimum atomic E-state index is -0.504. The predicted octanol–water partition coefficient (Wildman–Crippen LogP) is 3.41. The maximum Gasteiger partial charge on any atom is 1.00 e. The maximum absolute atomic E-state index is 4.94. The van der Waals surface area contributed by atoms with Crippen LogP contribution >= 0.6 is 15.9 Å². The average Bonchev–Trinajstić information content (AvgIpc) is 3.31. The summed E-state index contributed by atoms with van der Waals surface area (Å²) in [5, 5.41) is 0. The molecule has 0 aromatic heterocycles. The zero-order valence-corrected chi connectivity index (χ0v) is 23.7. The van der Waals surface area contributed by atoms with E-state index in [-0.39, 0.29) is 18.9 Å². The van der Waals surface area contributed by atoms with E-state index in [1.165, 1.54) is 12.8 Å². The summed E-state index contributed by atoms with van der Waals surface area (Å²) in [6, 6.07) is 21.1. The van der Waals surface area contributed by atoms with Crippen LogP contribution in [0.4, 0.5) is 0 Å². The van der Waals surface area contributed by atoms with Crippen molar-refractivity contribution >= 4 is 33.5 Å². The third-order valence-electron chi connectivity index (χ3n) is 3.88. The van der Waals surface area contributed by atoms with E-state index >= 15 is 0 Å². The quantitative estimate of drug-likeness (QED) is 0.346. The maximum atomic E-state index is 4.94. The summed E-state index contributed by atoms with van der Waals surface area (Å²) in [7, 11) is -0.998. The molecule has 2 aromatic rings. The van der Waals surface area contributed by atoms with Crippen molar-refractivity contribution in [3.63, 3.8) is 0 Å². The van der Waals surface area contributed by atoms with Crippen LogP contribution in [-0.2, 0) is 4.74 Å². The van der Waals surface area contributed by atoms with Crippen molar-refractivity contribution in [1.29, 1.82) is 0 Å². The first-order valence-electron chi connectivity index (χ1n) is 10.7. The van der Waals surface area contributed by atoms with Gasteiger partial charge in [0.15, 0.2) is 0 Å². The number of benzene rings is 2. The van der Waals surface area contributed by atoms with Gasteiger partial charge in [-0.25, -0.2) is 0 Å². The molecule has 0 N–H and O–H groups in total. The van der Waals surface area contributed by atoms with Gasteiger partial charge in [-0.05, 0) is 37.1 Å². The van der Waals surface area contributed by atoms with Crippen molar-refractivity contribution < 1.29 is 23.6 Å².